The SMILES string of the molecule is CCCCCCCCCCCC.O=C(O)O.O=C(O)O. The highest BCUT2D eigenvalue weighted by atomic mass is 16.6. The summed E-state index contributed by atoms with van der Waals surface area (Å²) < 4.78 is 0. The zero-order chi connectivity index (χ0) is 16.2. The van der Waals surface area contributed by atoms with Crippen LogP contribution in [0.2, 0.25) is 0 Å². The van der Waals surface area contributed by atoms with Gasteiger partial charge in [-0.1, -0.05) is 78.1 Å². The topological polar surface area (TPSA) is 115 Å². The molecule has 0 aromatic heterocycles. The molecule has 0 saturated carbocycles. The van der Waals surface area contributed by atoms with E-state index in [1.807, 2.05) is 0 Å². The third kappa shape index (κ3) is 70.3. The van der Waals surface area contributed by atoms with Crippen molar-refractivity contribution in [2.75, 3.05) is 0 Å². The van der Waals surface area contributed by atoms with Crippen LogP contribution in [0.5, 0.6) is 0 Å². The van der Waals surface area contributed by atoms with Crippen LogP contribution in [0.3, 0.4) is 0 Å². The molecule has 0 bridgehead atoms. The first-order valence-corrected chi connectivity index (χ1v) is 7.22. The molecule has 0 spiro atoms. The van der Waals surface area contributed by atoms with Crippen molar-refractivity contribution in [1.82, 2.24) is 0 Å². The van der Waals surface area contributed by atoms with Gasteiger partial charge in [0.25, 0.3) is 0 Å². The number of hydrogen-bond acceptors (Lipinski definition) is 2. The Hall–Kier alpha value is -1.46. The predicted octanol–water partition coefficient (Wildman–Crippen LogP) is 5.37. The lowest BCUT2D eigenvalue weighted by Gasteiger charge is -1.99. The summed E-state index contributed by atoms with van der Waals surface area (Å²) in [4.78, 5) is 17.1. The third-order valence-electron chi connectivity index (χ3n) is 2.46. The molecule has 0 atom stereocenters. The zero-order valence-corrected chi connectivity index (χ0v) is 12.7. The summed E-state index contributed by atoms with van der Waals surface area (Å²) >= 11 is 0. The molecule has 0 aliphatic heterocycles. The zero-order valence-electron chi connectivity index (χ0n) is 12.7. The van der Waals surface area contributed by atoms with Crippen molar-refractivity contribution < 1.29 is 30.0 Å². The summed E-state index contributed by atoms with van der Waals surface area (Å²) in [6.45, 7) is 4.56. The third-order valence-corrected chi connectivity index (χ3v) is 2.46. The smallest absolute Gasteiger partial charge is 0.450 e. The Bertz CT molecular complexity index is 176. The second-order valence-corrected chi connectivity index (χ2v) is 4.39. The molecule has 0 rings (SSSR count). The second-order valence-electron chi connectivity index (χ2n) is 4.39. The average Bonchev–Trinajstić information content (AvgIpc) is 2.31. The first kappa shape index (κ1) is 23.6. The van der Waals surface area contributed by atoms with Gasteiger partial charge < -0.3 is 20.4 Å². The maximum Gasteiger partial charge on any atom is 0.503 e. The van der Waals surface area contributed by atoms with Crippen molar-refractivity contribution in [3.8, 4) is 0 Å². The monoisotopic (exact) mass is 294 g/mol. The maximum absolute atomic E-state index is 8.56. The number of rotatable bonds is 9. The molecule has 0 aromatic rings. The molecule has 0 unspecified atom stereocenters. The molecule has 0 aliphatic carbocycles. The molecule has 0 amide bonds. The van der Waals surface area contributed by atoms with Crippen LogP contribution >= 0.6 is 0 Å². The lowest BCUT2D eigenvalue weighted by atomic mass is 10.1. The summed E-state index contributed by atoms with van der Waals surface area (Å²) in [5.74, 6) is 0. The molecule has 4 N–H and O–H groups in total. The van der Waals surface area contributed by atoms with E-state index in [1.165, 1.54) is 64.2 Å². The first-order chi connectivity index (χ1) is 9.38. The van der Waals surface area contributed by atoms with E-state index >= 15 is 0 Å². The van der Waals surface area contributed by atoms with Gasteiger partial charge in [-0.05, 0) is 0 Å². The van der Waals surface area contributed by atoms with Gasteiger partial charge in [-0.25, -0.2) is 9.59 Å². The predicted molar refractivity (Wildman–Crippen MR) is 78.8 cm³/mol. The molecule has 0 heterocycles. The Labute approximate surface area is 121 Å². The van der Waals surface area contributed by atoms with Gasteiger partial charge in [0, 0.05) is 0 Å². The Kier molecular flexibility index (Phi) is 26.8. The minimum absolute atomic E-state index is 1.37. The van der Waals surface area contributed by atoms with E-state index in [2.05, 4.69) is 13.8 Å². The van der Waals surface area contributed by atoms with E-state index < -0.39 is 12.3 Å². The van der Waals surface area contributed by atoms with Gasteiger partial charge in [0.05, 0.1) is 0 Å². The van der Waals surface area contributed by atoms with Gasteiger partial charge in [-0.15, -0.1) is 0 Å². The van der Waals surface area contributed by atoms with Crippen LogP contribution in [0.25, 0.3) is 0 Å². The molecule has 6 heteroatoms. The minimum Gasteiger partial charge on any atom is -0.450 e. The van der Waals surface area contributed by atoms with E-state index in [4.69, 9.17) is 30.0 Å². The maximum atomic E-state index is 8.56. The van der Waals surface area contributed by atoms with Crippen LogP contribution in [0, 0.1) is 0 Å². The standard InChI is InChI=1S/C12H26.2CH2O3/c1-3-5-7-9-11-12-10-8-6-4-2;2*2-1(3)4/h3-12H2,1-2H3;2*(H2,2,3,4). The summed E-state index contributed by atoms with van der Waals surface area (Å²) in [7, 11) is 0. The summed E-state index contributed by atoms with van der Waals surface area (Å²) in [5, 5.41) is 27.9. The molecule has 0 radical (unpaired) electrons. The fourth-order valence-corrected chi connectivity index (χ4v) is 1.56. The van der Waals surface area contributed by atoms with Gasteiger partial charge in [0.1, 0.15) is 0 Å². The van der Waals surface area contributed by atoms with Crippen molar-refractivity contribution in [2.24, 2.45) is 0 Å². The van der Waals surface area contributed by atoms with E-state index in [9.17, 15) is 0 Å². The van der Waals surface area contributed by atoms with Crippen LogP contribution in [-0.2, 0) is 0 Å². The van der Waals surface area contributed by atoms with Gasteiger partial charge >= 0.3 is 12.3 Å². The van der Waals surface area contributed by atoms with Crippen molar-refractivity contribution >= 4 is 12.3 Å². The number of unbranched alkanes of at least 4 members (excludes halogenated alkanes) is 9. The summed E-state index contributed by atoms with van der Waals surface area (Å²) in [6, 6.07) is 0. The minimum atomic E-state index is -1.83. The molecule has 0 aliphatic rings. The summed E-state index contributed by atoms with van der Waals surface area (Å²) in [5.41, 5.74) is 0. The Balaban J connectivity index is -0.000000297. The fourth-order valence-electron chi connectivity index (χ4n) is 1.56. The summed E-state index contributed by atoms with van der Waals surface area (Å²) in [6.07, 6.45) is 10.8. The molecule has 0 aromatic carbocycles. The van der Waals surface area contributed by atoms with Crippen LogP contribution in [-0.4, -0.2) is 32.7 Å². The van der Waals surface area contributed by atoms with Crippen molar-refractivity contribution in [2.45, 2.75) is 78.1 Å². The number of carbonyl (C=O) groups is 2. The van der Waals surface area contributed by atoms with Crippen LogP contribution in [0.1, 0.15) is 78.1 Å². The van der Waals surface area contributed by atoms with Crippen molar-refractivity contribution in [3.05, 3.63) is 0 Å². The van der Waals surface area contributed by atoms with E-state index in [1.54, 1.807) is 0 Å². The first-order valence-electron chi connectivity index (χ1n) is 7.22. The van der Waals surface area contributed by atoms with Crippen molar-refractivity contribution in [3.63, 3.8) is 0 Å². The molecular weight excluding hydrogens is 264 g/mol. The van der Waals surface area contributed by atoms with Crippen molar-refractivity contribution in [1.29, 1.82) is 0 Å². The largest absolute Gasteiger partial charge is 0.503 e. The normalized spacial score (nSPS) is 8.70. The van der Waals surface area contributed by atoms with Gasteiger partial charge in [0.15, 0.2) is 0 Å². The van der Waals surface area contributed by atoms with Gasteiger partial charge in [-0.2, -0.15) is 0 Å². The van der Waals surface area contributed by atoms with Crippen LogP contribution in [0.15, 0.2) is 0 Å². The average molecular weight is 294 g/mol. The quantitative estimate of drug-likeness (QED) is 0.425. The van der Waals surface area contributed by atoms with Gasteiger partial charge in [0.2, 0.25) is 0 Å². The lowest BCUT2D eigenvalue weighted by Crippen LogP contribution is -1.81. The molecule has 0 fully saturated rings. The number of carboxylic acid groups (broad SMARTS) is 4. The number of hydrogen-bond donors (Lipinski definition) is 4. The Morgan fingerprint density at radius 2 is 0.700 bits per heavy atom. The second kappa shape index (κ2) is 22.7. The molecule has 6 nitrogen and oxygen atoms in total. The van der Waals surface area contributed by atoms with E-state index in [-0.39, 0.29) is 0 Å². The molecular formula is C14H30O6. The molecule has 20 heavy (non-hydrogen) atoms. The Morgan fingerprint density at radius 1 is 0.550 bits per heavy atom. The molecule has 0 saturated heterocycles. The molecule has 122 valence electrons. The van der Waals surface area contributed by atoms with E-state index in [0.717, 1.165) is 0 Å². The highest BCUT2D eigenvalue weighted by Crippen LogP contribution is 2.09. The highest BCUT2D eigenvalue weighted by molar-refractivity contribution is 5.53. The lowest BCUT2D eigenvalue weighted by molar-refractivity contribution is 0.135. The van der Waals surface area contributed by atoms with Crippen LogP contribution < -0.4 is 0 Å². The van der Waals surface area contributed by atoms with E-state index in [0.29, 0.717) is 0 Å². The van der Waals surface area contributed by atoms with Crippen LogP contribution in [0.4, 0.5) is 9.59 Å². The Morgan fingerprint density at radius 3 is 0.850 bits per heavy atom. The highest BCUT2D eigenvalue weighted by Gasteiger charge is 1.90. The van der Waals surface area contributed by atoms with Gasteiger partial charge in [-0.3, -0.25) is 0 Å². The fraction of sp³-hybridized carbons (Fsp3) is 0.857.